The van der Waals surface area contributed by atoms with Gasteiger partial charge in [-0.15, -0.1) is 0 Å². The molecule has 0 N–H and O–H groups in total. The Morgan fingerprint density at radius 3 is 2.57 bits per heavy atom. The van der Waals surface area contributed by atoms with Gasteiger partial charge in [0.2, 0.25) is 0 Å². The average molecular weight is 292 g/mol. The fraction of sp³-hybridized carbons (Fsp3) is 0.375. The molecule has 112 valence electrons. The molecule has 21 heavy (non-hydrogen) atoms. The first kappa shape index (κ1) is 15.4. The lowest BCUT2D eigenvalue weighted by atomic mass is 10.0. The van der Waals surface area contributed by atoms with Crippen LogP contribution in [0, 0.1) is 11.6 Å². The predicted molar refractivity (Wildman–Crippen MR) is 76.1 cm³/mol. The van der Waals surface area contributed by atoms with Crippen LogP contribution in [0.15, 0.2) is 24.3 Å². The lowest BCUT2D eigenvalue weighted by Gasteiger charge is -2.05. The van der Waals surface area contributed by atoms with Crippen LogP contribution in [0.25, 0.3) is 0 Å². The molecule has 0 spiro atoms. The van der Waals surface area contributed by atoms with Gasteiger partial charge in [0, 0.05) is 31.1 Å². The van der Waals surface area contributed by atoms with Gasteiger partial charge in [0.25, 0.3) is 0 Å². The van der Waals surface area contributed by atoms with Crippen molar-refractivity contribution in [1.82, 2.24) is 9.78 Å². The summed E-state index contributed by atoms with van der Waals surface area (Å²) in [5.41, 5.74) is 1.99. The van der Waals surface area contributed by atoms with Gasteiger partial charge in [0.15, 0.2) is 0 Å². The minimum absolute atomic E-state index is 0.0392. The summed E-state index contributed by atoms with van der Waals surface area (Å²) in [5, 5.41) is 4.38. The normalized spacial score (nSPS) is 10.9. The van der Waals surface area contributed by atoms with E-state index in [0.717, 1.165) is 29.9 Å². The Morgan fingerprint density at radius 2 is 1.95 bits per heavy atom. The zero-order valence-corrected chi connectivity index (χ0v) is 12.2. The van der Waals surface area contributed by atoms with Crippen LogP contribution in [-0.2, 0) is 30.6 Å². The van der Waals surface area contributed by atoms with E-state index in [1.54, 1.807) is 4.68 Å². The van der Waals surface area contributed by atoms with Crippen LogP contribution in [0.2, 0.25) is 0 Å². The summed E-state index contributed by atoms with van der Waals surface area (Å²) in [6.45, 7) is 4.65. The highest BCUT2D eigenvalue weighted by molar-refractivity contribution is 5.82. The lowest BCUT2D eigenvalue weighted by Crippen LogP contribution is -2.12. The summed E-state index contributed by atoms with van der Waals surface area (Å²) < 4.78 is 28.2. The number of halogens is 2. The van der Waals surface area contributed by atoms with Crippen LogP contribution in [0.5, 0.6) is 0 Å². The van der Waals surface area contributed by atoms with Gasteiger partial charge in [0.1, 0.15) is 17.4 Å². The zero-order chi connectivity index (χ0) is 15.4. The van der Waals surface area contributed by atoms with Crippen LogP contribution in [0.3, 0.4) is 0 Å². The third-order valence-corrected chi connectivity index (χ3v) is 3.36. The minimum atomic E-state index is -0.679. The maximum absolute atomic E-state index is 13.5. The average Bonchev–Trinajstić information content (AvgIpc) is 2.84. The Balaban J connectivity index is 2.09. The number of Topliss-reactive ketones (excluding diaryl/α,β-unsaturated/α-hetero) is 1. The summed E-state index contributed by atoms with van der Waals surface area (Å²) in [5.74, 6) is -1.43. The number of carbonyl (C=O) groups excluding carboxylic acids is 1. The second-order valence-electron chi connectivity index (χ2n) is 4.92. The fourth-order valence-corrected chi connectivity index (χ4v) is 2.25. The molecule has 0 fully saturated rings. The van der Waals surface area contributed by atoms with E-state index in [0.29, 0.717) is 6.54 Å². The Morgan fingerprint density at radius 1 is 1.19 bits per heavy atom. The number of benzene rings is 1. The molecule has 1 heterocycles. The van der Waals surface area contributed by atoms with E-state index in [9.17, 15) is 13.6 Å². The molecule has 0 saturated heterocycles. The van der Waals surface area contributed by atoms with Crippen LogP contribution >= 0.6 is 0 Å². The van der Waals surface area contributed by atoms with Crippen molar-refractivity contribution in [3.05, 3.63) is 52.9 Å². The molecule has 0 aliphatic carbocycles. The van der Waals surface area contributed by atoms with E-state index in [2.05, 4.69) is 5.10 Å². The highest BCUT2D eigenvalue weighted by Crippen LogP contribution is 2.13. The Bertz CT molecular complexity index is 650. The molecule has 0 atom stereocenters. The SMILES string of the molecule is CCc1cc(CC(=O)Cc2ccc(F)cc2F)n(CC)n1. The topological polar surface area (TPSA) is 34.9 Å². The van der Waals surface area contributed by atoms with Gasteiger partial charge < -0.3 is 0 Å². The van der Waals surface area contributed by atoms with Crippen molar-refractivity contribution in [3.63, 3.8) is 0 Å². The standard InChI is InChI=1S/C16H18F2N2O/c1-3-13-9-14(20(4-2)19-13)10-15(21)7-11-5-6-12(17)8-16(11)18/h5-6,8-9H,3-4,7,10H2,1-2H3. The summed E-state index contributed by atoms with van der Waals surface area (Å²) >= 11 is 0. The van der Waals surface area contributed by atoms with Crippen LogP contribution in [0.1, 0.15) is 30.8 Å². The summed E-state index contributed by atoms with van der Waals surface area (Å²) in [6.07, 6.45) is 0.973. The number of hydrogen-bond donors (Lipinski definition) is 0. The number of hydrogen-bond acceptors (Lipinski definition) is 2. The third kappa shape index (κ3) is 3.74. The van der Waals surface area contributed by atoms with E-state index in [1.165, 1.54) is 6.07 Å². The summed E-state index contributed by atoms with van der Waals surface area (Å²) in [7, 11) is 0. The first-order valence-electron chi connectivity index (χ1n) is 7.04. The first-order valence-corrected chi connectivity index (χ1v) is 7.04. The molecule has 0 aliphatic heterocycles. The van der Waals surface area contributed by atoms with E-state index in [1.807, 2.05) is 19.9 Å². The van der Waals surface area contributed by atoms with E-state index >= 15 is 0 Å². The molecule has 0 amide bonds. The molecule has 3 nitrogen and oxygen atoms in total. The molecular formula is C16H18F2N2O. The van der Waals surface area contributed by atoms with Gasteiger partial charge in [-0.3, -0.25) is 9.48 Å². The molecule has 0 bridgehead atoms. The molecule has 0 radical (unpaired) electrons. The van der Waals surface area contributed by atoms with E-state index < -0.39 is 11.6 Å². The van der Waals surface area contributed by atoms with Crippen LogP contribution in [-0.4, -0.2) is 15.6 Å². The van der Waals surface area contributed by atoms with Gasteiger partial charge in [0.05, 0.1) is 5.69 Å². The van der Waals surface area contributed by atoms with Crippen molar-refractivity contribution in [1.29, 1.82) is 0 Å². The maximum atomic E-state index is 13.5. The number of aryl methyl sites for hydroxylation is 2. The van der Waals surface area contributed by atoms with Crippen molar-refractivity contribution in [2.24, 2.45) is 0 Å². The summed E-state index contributed by atoms with van der Waals surface area (Å²) in [4.78, 5) is 12.1. The Hall–Kier alpha value is -2.04. The zero-order valence-electron chi connectivity index (χ0n) is 12.2. The van der Waals surface area contributed by atoms with Crippen molar-refractivity contribution in [2.75, 3.05) is 0 Å². The van der Waals surface area contributed by atoms with Gasteiger partial charge in [-0.1, -0.05) is 13.0 Å². The number of carbonyl (C=O) groups is 1. The molecule has 2 rings (SSSR count). The molecule has 0 unspecified atom stereocenters. The van der Waals surface area contributed by atoms with Crippen molar-refractivity contribution in [2.45, 2.75) is 39.7 Å². The molecule has 5 heteroatoms. The van der Waals surface area contributed by atoms with Crippen LogP contribution < -0.4 is 0 Å². The van der Waals surface area contributed by atoms with E-state index in [4.69, 9.17) is 0 Å². The van der Waals surface area contributed by atoms with E-state index in [-0.39, 0.29) is 24.2 Å². The second kappa shape index (κ2) is 6.61. The molecule has 0 saturated carbocycles. The minimum Gasteiger partial charge on any atom is -0.299 e. The van der Waals surface area contributed by atoms with Gasteiger partial charge in [-0.25, -0.2) is 8.78 Å². The predicted octanol–water partition coefficient (Wildman–Crippen LogP) is 3.10. The van der Waals surface area contributed by atoms with Crippen molar-refractivity contribution >= 4 is 5.78 Å². The first-order chi connectivity index (χ1) is 10.0. The number of nitrogens with zero attached hydrogens (tertiary/aromatic N) is 2. The molecule has 1 aromatic carbocycles. The Kier molecular flexibility index (Phi) is 4.83. The van der Waals surface area contributed by atoms with Gasteiger partial charge in [-0.2, -0.15) is 5.10 Å². The lowest BCUT2D eigenvalue weighted by molar-refractivity contribution is -0.117. The number of ketones is 1. The van der Waals surface area contributed by atoms with Gasteiger partial charge in [-0.05, 0) is 31.0 Å². The second-order valence-corrected chi connectivity index (χ2v) is 4.92. The molecule has 2 aromatic rings. The largest absolute Gasteiger partial charge is 0.299 e. The van der Waals surface area contributed by atoms with Crippen molar-refractivity contribution < 1.29 is 13.6 Å². The quantitative estimate of drug-likeness (QED) is 0.820. The third-order valence-electron chi connectivity index (χ3n) is 3.36. The number of aromatic nitrogens is 2. The summed E-state index contributed by atoms with van der Waals surface area (Å²) in [6, 6.07) is 5.19. The monoisotopic (exact) mass is 292 g/mol. The highest BCUT2D eigenvalue weighted by atomic mass is 19.1. The molecule has 0 aliphatic rings. The van der Waals surface area contributed by atoms with Gasteiger partial charge >= 0.3 is 0 Å². The van der Waals surface area contributed by atoms with Crippen molar-refractivity contribution in [3.8, 4) is 0 Å². The van der Waals surface area contributed by atoms with Crippen LogP contribution in [0.4, 0.5) is 8.78 Å². The smallest absolute Gasteiger partial charge is 0.143 e. The maximum Gasteiger partial charge on any atom is 0.143 e. The number of rotatable bonds is 6. The molecule has 1 aromatic heterocycles. The fourth-order valence-electron chi connectivity index (χ4n) is 2.25. The molecular weight excluding hydrogens is 274 g/mol. The highest BCUT2D eigenvalue weighted by Gasteiger charge is 2.13. The Labute approximate surface area is 122 Å².